The van der Waals surface area contributed by atoms with E-state index in [1.54, 1.807) is 28.4 Å². The lowest BCUT2D eigenvalue weighted by Gasteiger charge is -2.70. The zero-order valence-corrected chi connectivity index (χ0v) is 22.4. The van der Waals surface area contributed by atoms with E-state index in [0.717, 1.165) is 19.3 Å². The van der Waals surface area contributed by atoms with Crippen LogP contribution in [-0.4, -0.2) is 111 Å². The van der Waals surface area contributed by atoms with Gasteiger partial charge in [-0.3, -0.25) is 9.69 Å². The van der Waals surface area contributed by atoms with E-state index in [2.05, 4.69) is 11.8 Å². The van der Waals surface area contributed by atoms with Crippen LogP contribution in [0.2, 0.25) is 0 Å². The second kappa shape index (κ2) is 8.10. The Morgan fingerprint density at radius 2 is 1.83 bits per heavy atom. The van der Waals surface area contributed by atoms with Crippen molar-refractivity contribution >= 4 is 5.97 Å². The van der Waals surface area contributed by atoms with Crippen LogP contribution in [0.25, 0.3) is 0 Å². The zero-order valence-electron chi connectivity index (χ0n) is 22.4. The van der Waals surface area contributed by atoms with Crippen LogP contribution in [0, 0.1) is 34.5 Å². The van der Waals surface area contributed by atoms with Crippen molar-refractivity contribution in [2.24, 2.45) is 34.5 Å². The predicted molar refractivity (Wildman–Crippen MR) is 128 cm³/mol. The highest BCUT2D eigenvalue weighted by molar-refractivity contribution is 5.66. The van der Waals surface area contributed by atoms with Gasteiger partial charge in [-0.05, 0) is 31.7 Å². The number of carbonyl (C=O) groups excluding carboxylic acids is 1. The summed E-state index contributed by atoms with van der Waals surface area (Å²) in [7, 11) is 6.83. The van der Waals surface area contributed by atoms with E-state index >= 15 is 0 Å². The van der Waals surface area contributed by atoms with Gasteiger partial charge in [0.1, 0.15) is 11.2 Å². The maximum absolute atomic E-state index is 13.1. The van der Waals surface area contributed by atoms with Crippen LogP contribution in [-0.2, 0) is 28.5 Å². The van der Waals surface area contributed by atoms with Gasteiger partial charge in [0.05, 0.1) is 37.1 Å². The molecule has 6 rings (SSSR count). The summed E-state index contributed by atoms with van der Waals surface area (Å²) in [5.74, 6) is -0.523. The predicted octanol–water partition coefficient (Wildman–Crippen LogP) is 0.842. The molecule has 0 amide bonds. The van der Waals surface area contributed by atoms with Gasteiger partial charge in [-0.15, -0.1) is 0 Å². The first-order valence-electron chi connectivity index (χ1n) is 13.6. The first-order chi connectivity index (χ1) is 17.2. The average molecular weight is 510 g/mol. The van der Waals surface area contributed by atoms with Crippen molar-refractivity contribution in [1.29, 1.82) is 0 Å². The average Bonchev–Trinajstić information content (AvgIpc) is 3.28. The fourth-order valence-corrected chi connectivity index (χ4v) is 11.2. The van der Waals surface area contributed by atoms with E-state index in [1.807, 2.05) is 0 Å². The number of hydrogen-bond acceptors (Lipinski definition) is 9. The van der Waals surface area contributed by atoms with Gasteiger partial charge in [0.25, 0.3) is 0 Å². The number of carbonyl (C=O) groups is 1. The Morgan fingerprint density at radius 1 is 1.08 bits per heavy atom. The van der Waals surface area contributed by atoms with Gasteiger partial charge in [0.15, 0.2) is 0 Å². The Kier molecular flexibility index (Phi) is 5.73. The van der Waals surface area contributed by atoms with Crippen LogP contribution in [0.15, 0.2) is 0 Å². The molecule has 1 unspecified atom stereocenters. The van der Waals surface area contributed by atoms with Crippen LogP contribution in [0.5, 0.6) is 0 Å². The highest BCUT2D eigenvalue weighted by atomic mass is 16.5. The molecule has 9 nitrogen and oxygen atoms in total. The molecule has 7 bridgehead atoms. The second-order valence-corrected chi connectivity index (χ2v) is 12.5. The van der Waals surface area contributed by atoms with Gasteiger partial charge < -0.3 is 33.9 Å². The molecule has 1 spiro atoms. The molecule has 5 aliphatic carbocycles. The molecule has 0 aromatic heterocycles. The number of likely N-dealkylation sites (N-methyl/N-ethyl adjacent to an activating group) is 1. The standard InChI is InChI=1S/C27H43NO8/c1-7-28-12-24(13-36-14(2)29)9-8-18(33-4)26-16-10-15-17(32-3)11-25(30,19(16)20(15)34-5)27(31,23(26)28)22(35-6)21(24)26/h15-23,30-31H,7-13H2,1-6H3/t15-,16-,17+,18+,19-,20+,21-,22+,23?,24+,25-,26+,27-/m1/s1. The van der Waals surface area contributed by atoms with Crippen molar-refractivity contribution in [3.05, 3.63) is 0 Å². The minimum Gasteiger partial charge on any atom is -0.465 e. The Balaban J connectivity index is 1.65. The van der Waals surface area contributed by atoms with Gasteiger partial charge in [0.2, 0.25) is 0 Å². The zero-order chi connectivity index (χ0) is 25.8. The highest BCUT2D eigenvalue weighted by Crippen LogP contribution is 2.80. The Morgan fingerprint density at radius 3 is 2.42 bits per heavy atom. The molecule has 5 saturated carbocycles. The summed E-state index contributed by atoms with van der Waals surface area (Å²) in [4.78, 5) is 14.4. The molecule has 1 aliphatic heterocycles. The normalized spacial score (nSPS) is 56.6. The fraction of sp³-hybridized carbons (Fsp3) is 0.963. The molecular formula is C27H43NO8. The molecule has 0 aromatic carbocycles. The largest absolute Gasteiger partial charge is 0.465 e. The number of nitrogens with zero attached hydrogens (tertiary/aromatic N) is 1. The van der Waals surface area contributed by atoms with Crippen molar-refractivity contribution in [3.8, 4) is 0 Å². The summed E-state index contributed by atoms with van der Waals surface area (Å²) in [6.45, 7) is 5.22. The summed E-state index contributed by atoms with van der Waals surface area (Å²) in [6, 6.07) is -0.348. The number of ether oxygens (including phenoxy) is 5. The number of aliphatic hydroxyl groups is 2. The maximum atomic E-state index is 13.1. The van der Waals surface area contributed by atoms with E-state index in [9.17, 15) is 15.0 Å². The topological polar surface area (TPSA) is 107 Å². The summed E-state index contributed by atoms with van der Waals surface area (Å²) < 4.78 is 30.5. The van der Waals surface area contributed by atoms with E-state index < -0.39 is 28.1 Å². The van der Waals surface area contributed by atoms with Crippen molar-refractivity contribution in [1.82, 2.24) is 4.90 Å². The van der Waals surface area contributed by atoms with Crippen LogP contribution in [0.1, 0.15) is 39.5 Å². The van der Waals surface area contributed by atoms with Crippen molar-refractivity contribution < 1.29 is 38.7 Å². The number of rotatable bonds is 7. The van der Waals surface area contributed by atoms with Gasteiger partial charge in [0, 0.05) is 76.9 Å². The Hall–Kier alpha value is -0.810. The molecule has 0 radical (unpaired) electrons. The van der Waals surface area contributed by atoms with Crippen LogP contribution in [0.4, 0.5) is 0 Å². The molecule has 1 heterocycles. The number of fused-ring (bicyclic) bond motifs is 2. The van der Waals surface area contributed by atoms with E-state index in [4.69, 9.17) is 23.7 Å². The monoisotopic (exact) mass is 509 g/mol. The number of likely N-dealkylation sites (tertiary alicyclic amines) is 1. The van der Waals surface area contributed by atoms with Crippen LogP contribution >= 0.6 is 0 Å². The van der Waals surface area contributed by atoms with Crippen molar-refractivity contribution in [2.45, 2.75) is 81.2 Å². The Bertz CT molecular complexity index is 918. The number of esters is 1. The molecule has 9 heteroatoms. The lowest BCUT2D eigenvalue weighted by Crippen LogP contribution is -2.82. The molecule has 36 heavy (non-hydrogen) atoms. The first-order valence-corrected chi connectivity index (χ1v) is 13.6. The minimum atomic E-state index is -1.56. The molecule has 1 saturated heterocycles. The summed E-state index contributed by atoms with van der Waals surface area (Å²) in [5, 5.41) is 26.0. The van der Waals surface area contributed by atoms with Crippen molar-refractivity contribution in [3.63, 3.8) is 0 Å². The lowest BCUT2D eigenvalue weighted by atomic mass is 9.42. The summed E-state index contributed by atoms with van der Waals surface area (Å²) in [5.41, 5.74) is -3.91. The van der Waals surface area contributed by atoms with E-state index in [-0.39, 0.29) is 60.6 Å². The van der Waals surface area contributed by atoms with Crippen LogP contribution < -0.4 is 0 Å². The number of piperidine rings is 1. The molecule has 13 atom stereocenters. The molecule has 6 fully saturated rings. The molecule has 2 N–H and O–H groups in total. The van der Waals surface area contributed by atoms with Crippen LogP contribution in [0.3, 0.4) is 0 Å². The summed E-state index contributed by atoms with van der Waals surface area (Å²) in [6.07, 6.45) is 1.59. The smallest absolute Gasteiger partial charge is 0.302 e. The molecule has 0 aromatic rings. The summed E-state index contributed by atoms with van der Waals surface area (Å²) >= 11 is 0. The van der Waals surface area contributed by atoms with Crippen molar-refractivity contribution in [2.75, 3.05) is 48.1 Å². The molecule has 204 valence electrons. The quantitative estimate of drug-likeness (QED) is 0.483. The Labute approximate surface area is 213 Å². The minimum absolute atomic E-state index is 0.0457. The third-order valence-electron chi connectivity index (χ3n) is 11.9. The van der Waals surface area contributed by atoms with Gasteiger partial charge in [-0.2, -0.15) is 0 Å². The highest BCUT2D eigenvalue weighted by Gasteiger charge is 2.91. The lowest BCUT2D eigenvalue weighted by molar-refractivity contribution is -0.320. The third kappa shape index (κ3) is 2.55. The number of methoxy groups -OCH3 is 4. The fourth-order valence-electron chi connectivity index (χ4n) is 11.2. The maximum Gasteiger partial charge on any atom is 0.302 e. The molecule has 6 aliphatic rings. The first kappa shape index (κ1) is 25.5. The van der Waals surface area contributed by atoms with E-state index in [1.165, 1.54) is 6.92 Å². The van der Waals surface area contributed by atoms with Gasteiger partial charge >= 0.3 is 5.97 Å². The number of hydrogen-bond donors (Lipinski definition) is 2. The van der Waals surface area contributed by atoms with E-state index in [0.29, 0.717) is 19.5 Å². The van der Waals surface area contributed by atoms with Gasteiger partial charge in [-0.25, -0.2) is 0 Å². The van der Waals surface area contributed by atoms with Gasteiger partial charge in [-0.1, -0.05) is 6.92 Å². The molecular weight excluding hydrogens is 466 g/mol. The SMILES string of the molecule is CCN1C[C@]2(COC(C)=O)CC[C@H](OC)[C@]34C1[C@](O)([C@@H](OC)[C@H]23)[C@@]1(O)C[C@H](OC)[C@H]2C[C@@H]4[C@@H]1[C@H]2OC. The second-order valence-electron chi connectivity index (χ2n) is 12.5. The third-order valence-corrected chi connectivity index (χ3v) is 11.9.